The van der Waals surface area contributed by atoms with Crippen LogP contribution in [-0.2, 0) is 0 Å². The normalized spacial score (nSPS) is 11.0. The molecule has 0 aliphatic carbocycles. The minimum atomic E-state index is -0.174. The fourth-order valence-corrected chi connectivity index (χ4v) is 2.49. The quantitative estimate of drug-likeness (QED) is 0.795. The number of carbonyl (C=O) groups excluding carboxylic acids is 1. The van der Waals surface area contributed by atoms with Crippen LogP contribution in [0.5, 0.6) is 5.75 Å². The standard InChI is InChI=1S/C18H19N3O2/c1-12(2)21-11-19-16-10-14(7-8-17(16)21)20-18(22)13-5-4-6-15(9-13)23-3/h4-12H,1-3H3,(H,20,22). The predicted octanol–water partition coefficient (Wildman–Crippen LogP) is 3.88. The van der Waals surface area contributed by atoms with E-state index < -0.39 is 0 Å². The average molecular weight is 309 g/mol. The van der Waals surface area contributed by atoms with Gasteiger partial charge in [-0.05, 0) is 50.2 Å². The molecule has 0 aliphatic heterocycles. The van der Waals surface area contributed by atoms with E-state index in [4.69, 9.17) is 4.74 Å². The van der Waals surface area contributed by atoms with Gasteiger partial charge in [0.2, 0.25) is 0 Å². The van der Waals surface area contributed by atoms with Gasteiger partial charge in [0.25, 0.3) is 5.91 Å². The monoisotopic (exact) mass is 309 g/mol. The second kappa shape index (κ2) is 6.12. The van der Waals surface area contributed by atoms with E-state index in [2.05, 4.69) is 28.7 Å². The van der Waals surface area contributed by atoms with Crippen molar-refractivity contribution in [1.29, 1.82) is 0 Å². The van der Waals surface area contributed by atoms with Crippen molar-refractivity contribution in [2.45, 2.75) is 19.9 Å². The summed E-state index contributed by atoms with van der Waals surface area (Å²) in [7, 11) is 1.58. The molecule has 3 rings (SSSR count). The van der Waals surface area contributed by atoms with Crippen LogP contribution in [-0.4, -0.2) is 22.6 Å². The van der Waals surface area contributed by atoms with E-state index in [1.54, 1.807) is 31.4 Å². The third-order valence-corrected chi connectivity index (χ3v) is 3.72. The number of rotatable bonds is 4. The molecule has 0 atom stereocenters. The van der Waals surface area contributed by atoms with Crippen LogP contribution in [0.3, 0.4) is 0 Å². The third kappa shape index (κ3) is 3.04. The lowest BCUT2D eigenvalue weighted by atomic mass is 10.2. The number of anilines is 1. The lowest BCUT2D eigenvalue weighted by Crippen LogP contribution is -2.11. The predicted molar refractivity (Wildman–Crippen MR) is 91.1 cm³/mol. The summed E-state index contributed by atoms with van der Waals surface area (Å²) in [5, 5.41) is 2.90. The van der Waals surface area contributed by atoms with Gasteiger partial charge in [0.1, 0.15) is 5.75 Å². The van der Waals surface area contributed by atoms with Gasteiger partial charge in [-0.2, -0.15) is 0 Å². The van der Waals surface area contributed by atoms with Gasteiger partial charge in [-0.1, -0.05) is 6.07 Å². The zero-order chi connectivity index (χ0) is 16.4. The third-order valence-electron chi connectivity index (χ3n) is 3.72. The second-order valence-corrected chi connectivity index (χ2v) is 5.64. The van der Waals surface area contributed by atoms with Gasteiger partial charge < -0.3 is 14.6 Å². The van der Waals surface area contributed by atoms with Crippen LogP contribution < -0.4 is 10.1 Å². The summed E-state index contributed by atoms with van der Waals surface area (Å²) in [6.07, 6.45) is 1.82. The molecule has 1 heterocycles. The van der Waals surface area contributed by atoms with Gasteiger partial charge in [-0.15, -0.1) is 0 Å². The first kappa shape index (κ1) is 15.1. The van der Waals surface area contributed by atoms with Crippen LogP contribution in [0.15, 0.2) is 48.8 Å². The van der Waals surface area contributed by atoms with Crippen LogP contribution in [0, 0.1) is 0 Å². The Morgan fingerprint density at radius 3 is 2.78 bits per heavy atom. The molecule has 5 nitrogen and oxygen atoms in total. The molecule has 1 aromatic heterocycles. The number of methoxy groups -OCH3 is 1. The molecular formula is C18H19N3O2. The topological polar surface area (TPSA) is 56.1 Å². The van der Waals surface area contributed by atoms with Crippen molar-refractivity contribution in [3.05, 3.63) is 54.4 Å². The summed E-state index contributed by atoms with van der Waals surface area (Å²) in [5.41, 5.74) is 3.19. The number of aromatic nitrogens is 2. The molecule has 2 aromatic carbocycles. The first-order valence-electron chi connectivity index (χ1n) is 7.50. The molecular weight excluding hydrogens is 290 g/mol. The van der Waals surface area contributed by atoms with Crippen molar-refractivity contribution in [3.8, 4) is 5.75 Å². The molecule has 0 saturated carbocycles. The van der Waals surface area contributed by atoms with Gasteiger partial charge in [-0.25, -0.2) is 4.98 Å². The van der Waals surface area contributed by atoms with Gasteiger partial charge in [0.05, 0.1) is 24.5 Å². The Balaban J connectivity index is 1.84. The maximum Gasteiger partial charge on any atom is 0.255 e. The lowest BCUT2D eigenvalue weighted by Gasteiger charge is -2.09. The smallest absolute Gasteiger partial charge is 0.255 e. The lowest BCUT2D eigenvalue weighted by molar-refractivity contribution is 0.102. The highest BCUT2D eigenvalue weighted by atomic mass is 16.5. The van der Waals surface area contributed by atoms with Crippen molar-refractivity contribution in [3.63, 3.8) is 0 Å². The molecule has 0 unspecified atom stereocenters. The molecule has 0 spiro atoms. The van der Waals surface area contributed by atoms with Crippen LogP contribution in [0.1, 0.15) is 30.2 Å². The maximum atomic E-state index is 12.3. The first-order valence-corrected chi connectivity index (χ1v) is 7.50. The van der Waals surface area contributed by atoms with Crippen molar-refractivity contribution >= 4 is 22.6 Å². The molecule has 118 valence electrons. The van der Waals surface area contributed by atoms with E-state index in [0.717, 1.165) is 16.7 Å². The summed E-state index contributed by atoms with van der Waals surface area (Å²) >= 11 is 0. The molecule has 1 amide bonds. The number of hydrogen-bond acceptors (Lipinski definition) is 3. The first-order chi connectivity index (χ1) is 11.1. The van der Waals surface area contributed by atoms with Gasteiger partial charge >= 0.3 is 0 Å². The van der Waals surface area contributed by atoms with Crippen LogP contribution >= 0.6 is 0 Å². The molecule has 0 radical (unpaired) electrons. The van der Waals surface area contributed by atoms with Crippen molar-refractivity contribution in [2.24, 2.45) is 0 Å². The number of ether oxygens (including phenoxy) is 1. The van der Waals surface area contributed by atoms with Crippen molar-refractivity contribution in [2.75, 3.05) is 12.4 Å². The summed E-state index contributed by atoms with van der Waals surface area (Å²) in [6.45, 7) is 4.22. The van der Waals surface area contributed by atoms with Crippen LogP contribution in [0.2, 0.25) is 0 Å². The number of benzene rings is 2. The number of fused-ring (bicyclic) bond motifs is 1. The molecule has 3 aromatic rings. The molecule has 0 aliphatic rings. The Morgan fingerprint density at radius 2 is 2.04 bits per heavy atom. The largest absolute Gasteiger partial charge is 0.497 e. The Morgan fingerprint density at radius 1 is 1.22 bits per heavy atom. The summed E-state index contributed by atoms with van der Waals surface area (Å²) in [4.78, 5) is 16.7. The van der Waals surface area contributed by atoms with Crippen LogP contribution in [0.4, 0.5) is 5.69 Å². The van der Waals surface area contributed by atoms with E-state index >= 15 is 0 Å². The number of imidazole rings is 1. The van der Waals surface area contributed by atoms with E-state index in [0.29, 0.717) is 17.4 Å². The number of nitrogens with one attached hydrogen (secondary N) is 1. The molecule has 5 heteroatoms. The van der Waals surface area contributed by atoms with E-state index in [1.807, 2.05) is 24.5 Å². The Labute approximate surface area is 134 Å². The summed E-state index contributed by atoms with van der Waals surface area (Å²) in [6, 6.07) is 13.2. The zero-order valence-electron chi connectivity index (χ0n) is 13.4. The number of carbonyl (C=O) groups is 1. The van der Waals surface area contributed by atoms with Gasteiger partial charge in [0, 0.05) is 17.3 Å². The molecule has 0 fully saturated rings. The molecule has 23 heavy (non-hydrogen) atoms. The SMILES string of the molecule is COc1cccc(C(=O)Nc2ccc3c(c2)ncn3C(C)C)c1. The van der Waals surface area contributed by atoms with E-state index in [9.17, 15) is 4.79 Å². The average Bonchev–Trinajstić information content (AvgIpc) is 2.98. The van der Waals surface area contributed by atoms with Crippen molar-refractivity contribution < 1.29 is 9.53 Å². The Hall–Kier alpha value is -2.82. The fourth-order valence-electron chi connectivity index (χ4n) is 2.49. The highest BCUT2D eigenvalue weighted by Crippen LogP contribution is 2.22. The number of nitrogens with zero attached hydrogens (tertiary/aromatic N) is 2. The molecule has 0 saturated heterocycles. The zero-order valence-corrected chi connectivity index (χ0v) is 13.4. The van der Waals surface area contributed by atoms with Crippen LogP contribution in [0.25, 0.3) is 11.0 Å². The fraction of sp³-hybridized carbons (Fsp3) is 0.222. The Bertz CT molecular complexity index is 852. The number of hydrogen-bond donors (Lipinski definition) is 1. The minimum absolute atomic E-state index is 0.174. The molecule has 1 N–H and O–H groups in total. The highest BCUT2D eigenvalue weighted by Gasteiger charge is 2.10. The maximum absolute atomic E-state index is 12.3. The highest BCUT2D eigenvalue weighted by molar-refractivity contribution is 6.05. The summed E-state index contributed by atoms with van der Waals surface area (Å²) in [5.74, 6) is 0.482. The van der Waals surface area contributed by atoms with Gasteiger partial charge in [0.15, 0.2) is 0 Å². The number of amides is 1. The minimum Gasteiger partial charge on any atom is -0.497 e. The van der Waals surface area contributed by atoms with Gasteiger partial charge in [-0.3, -0.25) is 4.79 Å². The Kier molecular flexibility index (Phi) is 4.02. The second-order valence-electron chi connectivity index (χ2n) is 5.64. The van der Waals surface area contributed by atoms with E-state index in [-0.39, 0.29) is 5.91 Å². The summed E-state index contributed by atoms with van der Waals surface area (Å²) < 4.78 is 7.25. The molecule has 0 bridgehead atoms. The van der Waals surface area contributed by atoms with E-state index in [1.165, 1.54) is 0 Å². The van der Waals surface area contributed by atoms with Crippen molar-refractivity contribution in [1.82, 2.24) is 9.55 Å².